The zero-order valence-electron chi connectivity index (χ0n) is 11.1. The Morgan fingerprint density at radius 3 is 1.47 bits per heavy atom. The second-order valence-corrected chi connectivity index (χ2v) is 5.03. The lowest BCUT2D eigenvalue weighted by Gasteiger charge is -2.29. The third kappa shape index (κ3) is 7.84. The molecule has 0 heterocycles. The number of unbranched alkanes of at least 4 members (excludes halogenated alkanes) is 4. The molecule has 0 saturated heterocycles. The van der Waals surface area contributed by atoms with Gasteiger partial charge in [-0.05, 0) is 19.3 Å². The van der Waals surface area contributed by atoms with Crippen molar-refractivity contribution < 1.29 is 0 Å². The van der Waals surface area contributed by atoms with E-state index >= 15 is 0 Å². The fraction of sp³-hybridized carbons (Fsp3) is 1.00. The van der Waals surface area contributed by atoms with E-state index in [1.807, 2.05) is 0 Å². The molecule has 0 fully saturated rings. The van der Waals surface area contributed by atoms with Crippen LogP contribution in [0.5, 0.6) is 0 Å². The van der Waals surface area contributed by atoms with Gasteiger partial charge in [0.15, 0.2) is 0 Å². The van der Waals surface area contributed by atoms with Crippen molar-refractivity contribution in [3.63, 3.8) is 0 Å². The summed E-state index contributed by atoms with van der Waals surface area (Å²) >= 11 is 0. The lowest BCUT2D eigenvalue weighted by molar-refractivity contribution is 0.314. The first-order chi connectivity index (χ1) is 7.18. The summed E-state index contributed by atoms with van der Waals surface area (Å²) in [4.78, 5) is 0. The van der Waals surface area contributed by atoms with Crippen molar-refractivity contribution in [2.75, 3.05) is 0 Å². The zero-order chi connectivity index (χ0) is 11.6. The molecule has 0 aromatic rings. The number of hydrogen-bond acceptors (Lipinski definition) is 1. The highest BCUT2D eigenvalue weighted by Gasteiger charge is 2.22. The summed E-state index contributed by atoms with van der Waals surface area (Å²) in [6.07, 6.45) is 12.8. The predicted octanol–water partition coefficient (Wildman–Crippen LogP) is 4.64. The van der Waals surface area contributed by atoms with Gasteiger partial charge in [0, 0.05) is 5.54 Å². The predicted molar refractivity (Wildman–Crippen MR) is 70.1 cm³/mol. The van der Waals surface area contributed by atoms with Crippen LogP contribution in [-0.4, -0.2) is 5.54 Å². The van der Waals surface area contributed by atoms with Crippen LogP contribution in [0.1, 0.15) is 85.0 Å². The van der Waals surface area contributed by atoms with Crippen molar-refractivity contribution in [1.29, 1.82) is 0 Å². The molecule has 0 amide bonds. The molecule has 0 aromatic heterocycles. The minimum atomic E-state index is 0.152. The third-order valence-electron chi connectivity index (χ3n) is 3.30. The summed E-state index contributed by atoms with van der Waals surface area (Å²) in [5.74, 6) is 0. The van der Waals surface area contributed by atoms with E-state index in [-0.39, 0.29) is 5.54 Å². The quantitative estimate of drug-likeness (QED) is 0.525. The summed E-state index contributed by atoms with van der Waals surface area (Å²) in [5, 5.41) is 0. The van der Waals surface area contributed by atoms with Gasteiger partial charge >= 0.3 is 0 Å². The molecule has 0 aliphatic heterocycles. The molecule has 15 heavy (non-hydrogen) atoms. The fourth-order valence-corrected chi connectivity index (χ4v) is 2.33. The second kappa shape index (κ2) is 9.21. The molecule has 0 atom stereocenters. The number of rotatable bonds is 10. The standard InChI is InChI=1S/C14H31N/c1-4-7-9-12-14(15,11-6-3)13-10-8-5-2/h4-13,15H2,1-3H3. The van der Waals surface area contributed by atoms with Crippen molar-refractivity contribution >= 4 is 0 Å². The van der Waals surface area contributed by atoms with Crippen LogP contribution in [-0.2, 0) is 0 Å². The SMILES string of the molecule is CCCCCC(N)(CCC)CCCCC. The van der Waals surface area contributed by atoms with Crippen molar-refractivity contribution in [1.82, 2.24) is 0 Å². The summed E-state index contributed by atoms with van der Waals surface area (Å²) in [5.41, 5.74) is 6.64. The fourth-order valence-electron chi connectivity index (χ4n) is 2.33. The van der Waals surface area contributed by atoms with Gasteiger partial charge in [0.2, 0.25) is 0 Å². The lowest BCUT2D eigenvalue weighted by atomic mass is 9.84. The van der Waals surface area contributed by atoms with E-state index in [0.29, 0.717) is 0 Å². The molecule has 0 aliphatic carbocycles. The molecular formula is C14H31N. The molecule has 1 nitrogen and oxygen atoms in total. The Morgan fingerprint density at radius 1 is 0.667 bits per heavy atom. The minimum absolute atomic E-state index is 0.152. The van der Waals surface area contributed by atoms with Crippen molar-refractivity contribution in [2.45, 2.75) is 90.5 Å². The van der Waals surface area contributed by atoms with Crippen molar-refractivity contribution in [2.24, 2.45) is 5.73 Å². The Hall–Kier alpha value is -0.0400. The van der Waals surface area contributed by atoms with Crippen LogP contribution < -0.4 is 5.73 Å². The highest BCUT2D eigenvalue weighted by molar-refractivity contribution is 4.83. The Morgan fingerprint density at radius 2 is 1.13 bits per heavy atom. The second-order valence-electron chi connectivity index (χ2n) is 5.03. The smallest absolute Gasteiger partial charge is 0.0154 e. The largest absolute Gasteiger partial charge is 0.325 e. The first-order valence-corrected chi connectivity index (χ1v) is 6.97. The summed E-state index contributed by atoms with van der Waals surface area (Å²) in [7, 11) is 0. The topological polar surface area (TPSA) is 26.0 Å². The first kappa shape index (κ1) is 15.0. The van der Waals surface area contributed by atoms with Gasteiger partial charge < -0.3 is 5.73 Å². The Bertz CT molecular complexity index is 121. The normalized spacial score (nSPS) is 12.0. The molecule has 0 aliphatic rings. The molecule has 0 saturated carbocycles. The molecule has 1 heteroatoms. The summed E-state index contributed by atoms with van der Waals surface area (Å²) in [6, 6.07) is 0. The lowest BCUT2D eigenvalue weighted by Crippen LogP contribution is -2.39. The molecule has 0 bridgehead atoms. The van der Waals surface area contributed by atoms with Crippen LogP contribution in [0, 0.1) is 0 Å². The number of hydrogen-bond donors (Lipinski definition) is 1. The molecule has 2 N–H and O–H groups in total. The maximum absolute atomic E-state index is 6.49. The minimum Gasteiger partial charge on any atom is -0.325 e. The number of nitrogens with two attached hydrogens (primary N) is 1. The maximum atomic E-state index is 6.49. The van der Waals surface area contributed by atoms with Crippen LogP contribution in [0.15, 0.2) is 0 Å². The molecule has 92 valence electrons. The third-order valence-corrected chi connectivity index (χ3v) is 3.30. The highest BCUT2D eigenvalue weighted by Crippen LogP contribution is 2.24. The highest BCUT2D eigenvalue weighted by atomic mass is 14.7. The Kier molecular flexibility index (Phi) is 9.18. The molecule has 0 aromatic carbocycles. The zero-order valence-corrected chi connectivity index (χ0v) is 11.1. The van der Waals surface area contributed by atoms with E-state index in [0.717, 1.165) is 0 Å². The average Bonchev–Trinajstić information content (AvgIpc) is 2.19. The van der Waals surface area contributed by atoms with E-state index in [2.05, 4.69) is 20.8 Å². The van der Waals surface area contributed by atoms with Crippen molar-refractivity contribution in [3.05, 3.63) is 0 Å². The first-order valence-electron chi connectivity index (χ1n) is 6.97. The molecule has 0 unspecified atom stereocenters. The van der Waals surface area contributed by atoms with Crippen LogP contribution in [0.3, 0.4) is 0 Å². The van der Waals surface area contributed by atoms with Gasteiger partial charge in [-0.15, -0.1) is 0 Å². The van der Waals surface area contributed by atoms with E-state index in [4.69, 9.17) is 5.73 Å². The van der Waals surface area contributed by atoms with E-state index in [1.54, 1.807) is 0 Å². The van der Waals surface area contributed by atoms with Gasteiger partial charge in [-0.25, -0.2) is 0 Å². The maximum Gasteiger partial charge on any atom is 0.0154 e. The van der Waals surface area contributed by atoms with Crippen LogP contribution in [0.25, 0.3) is 0 Å². The van der Waals surface area contributed by atoms with Gasteiger partial charge in [-0.3, -0.25) is 0 Å². The monoisotopic (exact) mass is 213 g/mol. The summed E-state index contributed by atoms with van der Waals surface area (Å²) < 4.78 is 0. The van der Waals surface area contributed by atoms with Crippen LogP contribution >= 0.6 is 0 Å². The summed E-state index contributed by atoms with van der Waals surface area (Å²) in [6.45, 7) is 6.77. The van der Waals surface area contributed by atoms with Crippen molar-refractivity contribution in [3.8, 4) is 0 Å². The molecule has 0 radical (unpaired) electrons. The average molecular weight is 213 g/mol. The van der Waals surface area contributed by atoms with Crippen LogP contribution in [0.2, 0.25) is 0 Å². The van der Waals surface area contributed by atoms with Gasteiger partial charge in [0.25, 0.3) is 0 Å². The van der Waals surface area contributed by atoms with Gasteiger partial charge in [0.05, 0.1) is 0 Å². The van der Waals surface area contributed by atoms with Gasteiger partial charge in [-0.1, -0.05) is 65.7 Å². The Labute approximate surface area is 96.8 Å². The van der Waals surface area contributed by atoms with Gasteiger partial charge in [-0.2, -0.15) is 0 Å². The van der Waals surface area contributed by atoms with E-state index < -0.39 is 0 Å². The van der Waals surface area contributed by atoms with E-state index in [9.17, 15) is 0 Å². The Balaban J connectivity index is 3.83. The van der Waals surface area contributed by atoms with Gasteiger partial charge in [0.1, 0.15) is 0 Å². The van der Waals surface area contributed by atoms with Crippen LogP contribution in [0.4, 0.5) is 0 Å². The molecular weight excluding hydrogens is 182 g/mol. The molecule has 0 rings (SSSR count). The van der Waals surface area contributed by atoms with E-state index in [1.165, 1.54) is 64.2 Å². The molecule has 0 spiro atoms.